The Morgan fingerprint density at radius 1 is 1.19 bits per heavy atom. The number of aryl methyl sites for hydroxylation is 1. The number of hydrogen-bond acceptors (Lipinski definition) is 3. The summed E-state index contributed by atoms with van der Waals surface area (Å²) in [4.78, 5) is 4.31. The minimum atomic E-state index is 0.224. The summed E-state index contributed by atoms with van der Waals surface area (Å²) in [5.41, 5.74) is 4.79. The van der Waals surface area contributed by atoms with Gasteiger partial charge in [-0.25, -0.2) is 0 Å². The van der Waals surface area contributed by atoms with Gasteiger partial charge >= 0.3 is 0 Å². The molecule has 2 aromatic carbocycles. The maximum Gasteiger partial charge on any atom is 0.191 e. The maximum atomic E-state index is 5.87. The lowest BCUT2D eigenvalue weighted by molar-refractivity contribution is 0.254. The van der Waals surface area contributed by atoms with Crippen LogP contribution in [0, 0.1) is 6.92 Å². The number of fused-ring (bicyclic) bond motifs is 1. The Bertz CT molecular complexity index is 802. The molecule has 0 amide bonds. The van der Waals surface area contributed by atoms with E-state index < -0.39 is 0 Å². The van der Waals surface area contributed by atoms with Gasteiger partial charge in [0.1, 0.15) is 17.6 Å². The van der Waals surface area contributed by atoms with Gasteiger partial charge in [-0.3, -0.25) is 4.99 Å². The van der Waals surface area contributed by atoms with Gasteiger partial charge in [0.15, 0.2) is 5.96 Å². The molecule has 5 heteroatoms. The van der Waals surface area contributed by atoms with Crippen LogP contribution in [0.4, 0.5) is 0 Å². The van der Waals surface area contributed by atoms with E-state index in [1.165, 1.54) is 16.7 Å². The molecule has 0 bridgehead atoms. The van der Waals surface area contributed by atoms with Crippen LogP contribution in [0.15, 0.2) is 41.4 Å². The molecule has 3 rings (SSSR count). The first-order valence-corrected chi connectivity index (χ1v) is 8.96. The molecule has 0 radical (unpaired) electrons. The van der Waals surface area contributed by atoms with E-state index in [4.69, 9.17) is 9.47 Å². The van der Waals surface area contributed by atoms with Gasteiger partial charge in [-0.1, -0.05) is 24.3 Å². The van der Waals surface area contributed by atoms with Gasteiger partial charge in [-0.2, -0.15) is 0 Å². The SMILES string of the molecule is CN=C(NCc1ccccc1C)NCc1cc2c(cc1OC)CC(C)O2. The summed E-state index contributed by atoms with van der Waals surface area (Å²) in [6, 6.07) is 12.5. The van der Waals surface area contributed by atoms with Gasteiger partial charge in [0.25, 0.3) is 0 Å². The van der Waals surface area contributed by atoms with E-state index in [2.05, 4.69) is 65.9 Å². The first kappa shape index (κ1) is 18.1. The Balaban J connectivity index is 1.64. The summed E-state index contributed by atoms with van der Waals surface area (Å²) in [6.07, 6.45) is 1.15. The standard InChI is InChI=1S/C21H27N3O2/c1-14-7-5-6-8-16(14)12-23-21(22-3)24-13-18-11-20-17(9-15(2)26-20)10-19(18)25-4/h5-8,10-11,15H,9,12-13H2,1-4H3,(H2,22,23,24). The summed E-state index contributed by atoms with van der Waals surface area (Å²) in [7, 11) is 3.48. The van der Waals surface area contributed by atoms with E-state index in [1.807, 2.05) is 0 Å². The Hall–Kier alpha value is -2.69. The third-order valence-corrected chi connectivity index (χ3v) is 4.68. The van der Waals surface area contributed by atoms with Crippen molar-refractivity contribution >= 4 is 5.96 Å². The van der Waals surface area contributed by atoms with Gasteiger partial charge in [0.05, 0.1) is 7.11 Å². The molecule has 0 aromatic heterocycles. The lowest BCUT2D eigenvalue weighted by Crippen LogP contribution is -2.36. The highest BCUT2D eigenvalue weighted by molar-refractivity contribution is 5.79. The lowest BCUT2D eigenvalue weighted by Gasteiger charge is -2.15. The highest BCUT2D eigenvalue weighted by Crippen LogP contribution is 2.34. The summed E-state index contributed by atoms with van der Waals surface area (Å²) < 4.78 is 11.4. The van der Waals surface area contributed by atoms with Crippen LogP contribution < -0.4 is 20.1 Å². The van der Waals surface area contributed by atoms with E-state index >= 15 is 0 Å². The lowest BCUT2D eigenvalue weighted by atomic mass is 10.1. The molecule has 0 fully saturated rings. The zero-order valence-corrected chi connectivity index (χ0v) is 15.9. The Morgan fingerprint density at radius 2 is 1.92 bits per heavy atom. The fourth-order valence-corrected chi connectivity index (χ4v) is 3.20. The molecule has 1 aliphatic heterocycles. The normalized spacial score (nSPS) is 16.0. The van der Waals surface area contributed by atoms with E-state index in [9.17, 15) is 0 Å². The van der Waals surface area contributed by atoms with Crippen LogP contribution in [0.5, 0.6) is 11.5 Å². The molecule has 0 spiro atoms. The number of ether oxygens (including phenoxy) is 2. The molecule has 2 aromatic rings. The van der Waals surface area contributed by atoms with Gasteiger partial charge in [0.2, 0.25) is 0 Å². The second-order valence-electron chi connectivity index (χ2n) is 6.61. The third-order valence-electron chi connectivity index (χ3n) is 4.68. The second-order valence-corrected chi connectivity index (χ2v) is 6.61. The Labute approximate surface area is 155 Å². The zero-order chi connectivity index (χ0) is 18.5. The number of guanidine groups is 1. The smallest absolute Gasteiger partial charge is 0.191 e. The van der Waals surface area contributed by atoms with Gasteiger partial charge in [0, 0.05) is 37.7 Å². The quantitative estimate of drug-likeness (QED) is 0.640. The van der Waals surface area contributed by atoms with Crippen LogP contribution in [-0.2, 0) is 19.5 Å². The van der Waals surface area contributed by atoms with Crippen LogP contribution in [-0.4, -0.2) is 26.2 Å². The van der Waals surface area contributed by atoms with Gasteiger partial charge < -0.3 is 20.1 Å². The average Bonchev–Trinajstić information content (AvgIpc) is 3.01. The fourth-order valence-electron chi connectivity index (χ4n) is 3.20. The molecule has 0 saturated heterocycles. The second kappa shape index (κ2) is 8.13. The molecule has 0 saturated carbocycles. The van der Waals surface area contributed by atoms with Crippen molar-refractivity contribution < 1.29 is 9.47 Å². The molecule has 5 nitrogen and oxygen atoms in total. The van der Waals surface area contributed by atoms with Crippen molar-refractivity contribution in [3.63, 3.8) is 0 Å². The molecule has 2 N–H and O–H groups in total. The molecule has 138 valence electrons. The van der Waals surface area contributed by atoms with Crippen molar-refractivity contribution in [3.8, 4) is 11.5 Å². The number of hydrogen-bond donors (Lipinski definition) is 2. The summed E-state index contributed by atoms with van der Waals surface area (Å²) >= 11 is 0. The van der Waals surface area contributed by atoms with Crippen molar-refractivity contribution in [2.75, 3.05) is 14.2 Å². The van der Waals surface area contributed by atoms with Crippen LogP contribution in [0.25, 0.3) is 0 Å². The third kappa shape index (κ3) is 4.10. The average molecular weight is 353 g/mol. The minimum absolute atomic E-state index is 0.224. The molecule has 0 aliphatic carbocycles. The number of nitrogens with zero attached hydrogens (tertiary/aromatic N) is 1. The zero-order valence-electron chi connectivity index (χ0n) is 15.9. The molecular weight excluding hydrogens is 326 g/mol. The fraction of sp³-hybridized carbons (Fsp3) is 0.381. The summed E-state index contributed by atoms with van der Waals surface area (Å²) in [5, 5.41) is 6.72. The predicted octanol–water partition coefficient (Wildman–Crippen LogP) is 3.19. The monoisotopic (exact) mass is 353 g/mol. The van der Waals surface area contributed by atoms with Crippen LogP contribution >= 0.6 is 0 Å². The Kier molecular flexibility index (Phi) is 5.66. The molecular formula is C21H27N3O2. The van der Waals surface area contributed by atoms with Crippen LogP contribution in [0.3, 0.4) is 0 Å². The van der Waals surface area contributed by atoms with E-state index in [0.29, 0.717) is 6.54 Å². The maximum absolute atomic E-state index is 5.87. The highest BCUT2D eigenvalue weighted by atomic mass is 16.5. The van der Waals surface area contributed by atoms with Gasteiger partial charge in [-0.05, 0) is 37.1 Å². The largest absolute Gasteiger partial charge is 0.496 e. The van der Waals surface area contributed by atoms with E-state index in [0.717, 1.165) is 36.0 Å². The molecule has 1 heterocycles. The molecule has 1 atom stereocenters. The Morgan fingerprint density at radius 3 is 2.62 bits per heavy atom. The van der Waals surface area contributed by atoms with Crippen LogP contribution in [0.1, 0.15) is 29.2 Å². The van der Waals surface area contributed by atoms with Crippen LogP contribution in [0.2, 0.25) is 0 Å². The first-order chi connectivity index (χ1) is 12.6. The molecule has 1 unspecified atom stereocenters. The summed E-state index contributed by atoms with van der Waals surface area (Å²) in [6.45, 7) is 5.54. The number of nitrogens with one attached hydrogen (secondary N) is 2. The van der Waals surface area contributed by atoms with Crippen molar-refractivity contribution in [3.05, 3.63) is 58.7 Å². The topological polar surface area (TPSA) is 54.9 Å². The number of methoxy groups -OCH3 is 1. The first-order valence-electron chi connectivity index (χ1n) is 8.96. The minimum Gasteiger partial charge on any atom is -0.496 e. The van der Waals surface area contributed by atoms with Crippen molar-refractivity contribution in [1.29, 1.82) is 0 Å². The molecule has 1 aliphatic rings. The van der Waals surface area contributed by atoms with E-state index in [1.54, 1.807) is 14.2 Å². The number of aliphatic imine (C=N–C) groups is 1. The highest BCUT2D eigenvalue weighted by Gasteiger charge is 2.21. The van der Waals surface area contributed by atoms with Crippen molar-refractivity contribution in [2.45, 2.75) is 39.5 Å². The number of benzene rings is 2. The predicted molar refractivity (Wildman–Crippen MR) is 105 cm³/mol. The summed E-state index contributed by atoms with van der Waals surface area (Å²) in [5.74, 6) is 2.59. The van der Waals surface area contributed by atoms with Crippen molar-refractivity contribution in [2.24, 2.45) is 4.99 Å². The van der Waals surface area contributed by atoms with E-state index in [-0.39, 0.29) is 6.10 Å². The number of rotatable bonds is 5. The van der Waals surface area contributed by atoms with Gasteiger partial charge in [-0.15, -0.1) is 0 Å². The molecule has 26 heavy (non-hydrogen) atoms. The van der Waals surface area contributed by atoms with Crippen molar-refractivity contribution in [1.82, 2.24) is 10.6 Å².